The maximum absolute atomic E-state index is 11.8. The van der Waals surface area contributed by atoms with Crippen molar-refractivity contribution in [3.8, 4) is 0 Å². The number of anilines is 1. The molecule has 3 rings (SSSR count). The van der Waals surface area contributed by atoms with Crippen molar-refractivity contribution in [3.63, 3.8) is 0 Å². The molecule has 0 aliphatic carbocycles. The Morgan fingerprint density at radius 2 is 2.13 bits per heavy atom. The smallest absolute Gasteiger partial charge is 0.223 e. The number of ether oxygens (including phenoxy) is 2. The van der Waals surface area contributed by atoms with Gasteiger partial charge in [-0.3, -0.25) is 4.57 Å². The molecule has 23 heavy (non-hydrogen) atoms. The average molecular weight is 360 g/mol. The number of nitrogen functional groups attached to an aromatic ring is 1. The van der Waals surface area contributed by atoms with Crippen LogP contribution in [0.15, 0.2) is 6.33 Å². The summed E-state index contributed by atoms with van der Waals surface area (Å²) >= 11 is 6.04. The van der Waals surface area contributed by atoms with Crippen LogP contribution in [0.1, 0.15) is 19.6 Å². The first kappa shape index (κ1) is 16.6. The van der Waals surface area contributed by atoms with Crippen LogP contribution in [0.5, 0.6) is 0 Å². The van der Waals surface area contributed by atoms with Gasteiger partial charge in [-0.2, -0.15) is 9.97 Å². The van der Waals surface area contributed by atoms with Crippen molar-refractivity contribution in [1.29, 1.82) is 0 Å². The molecule has 2 N–H and O–H groups in total. The molecule has 0 spiro atoms. The minimum absolute atomic E-state index is 0.0743. The Labute approximate surface area is 138 Å². The van der Waals surface area contributed by atoms with Crippen molar-refractivity contribution in [2.75, 3.05) is 25.2 Å². The van der Waals surface area contributed by atoms with Gasteiger partial charge in [0.05, 0.1) is 13.5 Å². The third-order valence-electron chi connectivity index (χ3n) is 3.63. The number of nitrogens with zero attached hydrogens (tertiary/aromatic N) is 4. The van der Waals surface area contributed by atoms with E-state index in [-0.39, 0.29) is 17.2 Å². The summed E-state index contributed by atoms with van der Waals surface area (Å²) in [5.41, 5.74) is 6.62. The van der Waals surface area contributed by atoms with Crippen LogP contribution in [0.3, 0.4) is 0 Å². The van der Waals surface area contributed by atoms with Gasteiger partial charge in [0.1, 0.15) is 11.6 Å². The van der Waals surface area contributed by atoms with E-state index < -0.39 is 19.7 Å². The van der Waals surface area contributed by atoms with Gasteiger partial charge in [0.25, 0.3) is 0 Å². The van der Waals surface area contributed by atoms with Crippen molar-refractivity contribution in [3.05, 3.63) is 11.5 Å². The van der Waals surface area contributed by atoms with Gasteiger partial charge in [0.2, 0.25) is 5.95 Å². The standard InChI is InChI=1S/C13H19ClN5O3P/c1-7-12(22-8(21-7)4-5-23(2,3)20)19-6-16-9-10(14)17-13(15)18-11(9)19/h6-8,12H,4-5H2,1-3H3,(H2,15,17,18)/t7-,8+,12+/m1/s1. The van der Waals surface area contributed by atoms with Crippen LogP contribution < -0.4 is 5.73 Å². The van der Waals surface area contributed by atoms with Crippen LogP contribution in [0.2, 0.25) is 5.15 Å². The lowest BCUT2D eigenvalue weighted by Gasteiger charge is -2.15. The van der Waals surface area contributed by atoms with Crippen molar-refractivity contribution in [2.24, 2.45) is 0 Å². The quantitative estimate of drug-likeness (QED) is 0.659. The molecule has 0 unspecified atom stereocenters. The summed E-state index contributed by atoms with van der Waals surface area (Å²) in [6.45, 7) is 5.42. The van der Waals surface area contributed by atoms with E-state index in [1.165, 1.54) is 0 Å². The number of aromatic nitrogens is 4. The zero-order chi connectivity index (χ0) is 16.8. The SMILES string of the molecule is C[C@H]1O[C@H](CCP(C)(C)=O)O[C@@H]1n1cnc2c(Cl)nc(N)nc21. The molecule has 1 aliphatic rings. The predicted molar refractivity (Wildman–Crippen MR) is 88.1 cm³/mol. The largest absolute Gasteiger partial charge is 0.368 e. The van der Waals surface area contributed by atoms with Gasteiger partial charge in [0.15, 0.2) is 23.3 Å². The fourth-order valence-electron chi connectivity index (χ4n) is 2.53. The van der Waals surface area contributed by atoms with Gasteiger partial charge in [-0.1, -0.05) is 11.6 Å². The Morgan fingerprint density at radius 3 is 2.83 bits per heavy atom. The number of hydrogen-bond donors (Lipinski definition) is 1. The highest BCUT2D eigenvalue weighted by atomic mass is 35.5. The van der Waals surface area contributed by atoms with Gasteiger partial charge in [-0.05, 0) is 20.3 Å². The van der Waals surface area contributed by atoms with Gasteiger partial charge >= 0.3 is 0 Å². The molecule has 0 bridgehead atoms. The first-order valence-electron chi connectivity index (χ1n) is 7.25. The predicted octanol–water partition coefficient (Wildman–Crippen LogP) is 2.33. The monoisotopic (exact) mass is 359 g/mol. The van der Waals surface area contributed by atoms with Crippen LogP contribution in [0, 0.1) is 0 Å². The third-order valence-corrected chi connectivity index (χ3v) is 5.23. The van der Waals surface area contributed by atoms with Crippen molar-refractivity contribution >= 4 is 35.9 Å². The molecule has 3 heterocycles. The highest BCUT2D eigenvalue weighted by Gasteiger charge is 2.36. The molecule has 8 nitrogen and oxygen atoms in total. The summed E-state index contributed by atoms with van der Waals surface area (Å²) in [5.74, 6) is 0.0743. The van der Waals surface area contributed by atoms with E-state index in [0.717, 1.165) is 0 Å². The zero-order valence-electron chi connectivity index (χ0n) is 13.1. The maximum atomic E-state index is 11.8. The molecule has 10 heteroatoms. The topological polar surface area (TPSA) is 105 Å². The van der Waals surface area contributed by atoms with Crippen LogP contribution in [-0.2, 0) is 14.0 Å². The van der Waals surface area contributed by atoms with Crippen molar-refractivity contribution in [1.82, 2.24) is 19.5 Å². The van der Waals surface area contributed by atoms with Crippen LogP contribution in [-0.4, -0.2) is 51.4 Å². The van der Waals surface area contributed by atoms with E-state index in [9.17, 15) is 4.57 Å². The molecule has 2 aromatic heterocycles. The lowest BCUT2D eigenvalue weighted by Crippen LogP contribution is -2.17. The van der Waals surface area contributed by atoms with E-state index in [1.54, 1.807) is 24.2 Å². The number of rotatable bonds is 4. The number of imidazole rings is 1. The molecule has 0 aromatic carbocycles. The molecule has 126 valence electrons. The fraction of sp³-hybridized carbons (Fsp3) is 0.615. The van der Waals surface area contributed by atoms with E-state index >= 15 is 0 Å². The van der Waals surface area contributed by atoms with Crippen LogP contribution in [0.4, 0.5) is 5.95 Å². The summed E-state index contributed by atoms with van der Waals surface area (Å²) < 4.78 is 25.3. The van der Waals surface area contributed by atoms with Gasteiger partial charge in [0, 0.05) is 12.6 Å². The van der Waals surface area contributed by atoms with E-state index in [0.29, 0.717) is 23.7 Å². The second-order valence-electron chi connectivity index (χ2n) is 6.08. The number of hydrogen-bond acceptors (Lipinski definition) is 7. The Kier molecular flexibility index (Phi) is 4.35. The molecule has 2 aromatic rings. The Balaban J connectivity index is 1.84. The molecule has 0 amide bonds. The summed E-state index contributed by atoms with van der Waals surface area (Å²) in [7, 11) is -2.10. The molecule has 3 atom stereocenters. The van der Waals surface area contributed by atoms with E-state index in [1.807, 2.05) is 6.92 Å². The molecule has 0 radical (unpaired) electrons. The Hall–Kier alpha value is -1.21. The Bertz CT molecular complexity index is 776. The van der Waals surface area contributed by atoms with Crippen LogP contribution in [0.25, 0.3) is 11.2 Å². The third kappa shape index (κ3) is 3.50. The summed E-state index contributed by atoms with van der Waals surface area (Å²) in [4.78, 5) is 12.3. The minimum atomic E-state index is -2.10. The minimum Gasteiger partial charge on any atom is -0.368 e. The molecule has 1 fully saturated rings. The van der Waals surface area contributed by atoms with Crippen LogP contribution >= 0.6 is 18.7 Å². The average Bonchev–Trinajstić information content (AvgIpc) is 2.99. The highest BCUT2D eigenvalue weighted by molar-refractivity contribution is 7.62. The molecule has 0 saturated carbocycles. The zero-order valence-corrected chi connectivity index (χ0v) is 14.8. The molecular formula is C13H19ClN5O3P. The van der Waals surface area contributed by atoms with Crippen molar-refractivity contribution < 1.29 is 14.0 Å². The number of halogens is 1. The fourth-order valence-corrected chi connectivity index (χ4v) is 3.59. The normalized spacial score (nSPS) is 25.3. The first-order valence-corrected chi connectivity index (χ1v) is 10.4. The first-order chi connectivity index (χ1) is 10.7. The lowest BCUT2D eigenvalue weighted by molar-refractivity contribution is -0.0744. The second-order valence-corrected chi connectivity index (χ2v) is 10.0. The number of fused-ring (bicyclic) bond motifs is 1. The summed E-state index contributed by atoms with van der Waals surface area (Å²) in [6, 6.07) is 0. The Morgan fingerprint density at radius 1 is 1.39 bits per heavy atom. The lowest BCUT2D eigenvalue weighted by atomic mass is 10.3. The maximum Gasteiger partial charge on any atom is 0.223 e. The summed E-state index contributed by atoms with van der Waals surface area (Å²) in [5, 5.41) is 0.201. The molecule has 1 aliphatic heterocycles. The summed E-state index contributed by atoms with van der Waals surface area (Å²) in [6.07, 6.45) is 1.72. The van der Waals surface area contributed by atoms with Gasteiger partial charge in [-0.25, -0.2) is 4.98 Å². The van der Waals surface area contributed by atoms with E-state index in [4.69, 9.17) is 26.8 Å². The molecule has 1 saturated heterocycles. The van der Waals surface area contributed by atoms with Crippen molar-refractivity contribution in [2.45, 2.75) is 32.0 Å². The number of nitrogens with two attached hydrogens (primary N) is 1. The molecular weight excluding hydrogens is 341 g/mol. The second kappa shape index (κ2) is 6.02. The van der Waals surface area contributed by atoms with Gasteiger partial charge < -0.3 is 19.8 Å². The van der Waals surface area contributed by atoms with Gasteiger partial charge in [-0.15, -0.1) is 0 Å². The van der Waals surface area contributed by atoms with E-state index in [2.05, 4.69) is 15.0 Å². The highest BCUT2D eigenvalue weighted by Crippen LogP contribution is 2.39.